The van der Waals surface area contributed by atoms with E-state index in [0.717, 1.165) is 37.8 Å². The molecule has 9 heteroatoms. The molecule has 0 unspecified atom stereocenters. The molecule has 2 aromatic rings. The lowest BCUT2D eigenvalue weighted by atomic mass is 10.1. The van der Waals surface area contributed by atoms with E-state index in [-0.39, 0.29) is 12.4 Å². The minimum atomic E-state index is -0.356. The molecule has 30 heavy (non-hydrogen) atoms. The normalized spacial score (nSPS) is 17.8. The van der Waals surface area contributed by atoms with E-state index >= 15 is 0 Å². The number of aliphatic hydroxyl groups excluding tert-OH is 1. The molecule has 2 aliphatic rings. The Morgan fingerprint density at radius 1 is 0.867 bits per heavy atom. The van der Waals surface area contributed by atoms with Crippen LogP contribution in [-0.4, -0.2) is 85.7 Å². The van der Waals surface area contributed by atoms with Gasteiger partial charge in [-0.3, -0.25) is 4.90 Å². The molecule has 8 nitrogen and oxygen atoms in total. The maximum absolute atomic E-state index is 14.3. The molecule has 0 amide bonds. The Kier molecular flexibility index (Phi) is 6.26. The van der Waals surface area contributed by atoms with Crippen molar-refractivity contribution in [1.82, 2.24) is 15.1 Å². The van der Waals surface area contributed by atoms with Crippen LogP contribution in [0, 0.1) is 17.1 Å². The summed E-state index contributed by atoms with van der Waals surface area (Å²) in [7, 11) is 0. The van der Waals surface area contributed by atoms with Crippen molar-refractivity contribution >= 4 is 17.3 Å². The van der Waals surface area contributed by atoms with Crippen molar-refractivity contribution in [3.63, 3.8) is 0 Å². The number of hydrogen-bond acceptors (Lipinski definition) is 8. The summed E-state index contributed by atoms with van der Waals surface area (Å²) in [6.07, 6.45) is 0. The van der Waals surface area contributed by atoms with E-state index in [4.69, 9.17) is 5.11 Å². The Labute approximate surface area is 175 Å². The first-order valence-corrected chi connectivity index (χ1v) is 10.3. The molecule has 0 atom stereocenters. The van der Waals surface area contributed by atoms with Gasteiger partial charge in [-0.25, -0.2) is 4.39 Å². The van der Waals surface area contributed by atoms with Gasteiger partial charge < -0.3 is 19.8 Å². The molecule has 3 heterocycles. The third kappa shape index (κ3) is 4.30. The van der Waals surface area contributed by atoms with Crippen LogP contribution in [0.15, 0.2) is 30.3 Å². The van der Waals surface area contributed by atoms with Gasteiger partial charge in [-0.2, -0.15) is 5.26 Å². The third-order valence-electron chi connectivity index (χ3n) is 5.78. The van der Waals surface area contributed by atoms with Gasteiger partial charge >= 0.3 is 0 Å². The average molecular weight is 411 g/mol. The molecule has 4 rings (SSSR count). The van der Waals surface area contributed by atoms with Gasteiger partial charge in [-0.15, -0.1) is 10.2 Å². The topological polar surface area (TPSA) is 82.8 Å². The summed E-state index contributed by atoms with van der Waals surface area (Å²) in [6.45, 7) is 7.08. The maximum Gasteiger partial charge on any atom is 0.151 e. The highest BCUT2D eigenvalue weighted by molar-refractivity contribution is 5.61. The van der Waals surface area contributed by atoms with Gasteiger partial charge in [-0.1, -0.05) is 6.07 Å². The lowest BCUT2D eigenvalue weighted by molar-refractivity contribution is 0.188. The zero-order valence-electron chi connectivity index (χ0n) is 16.9. The Morgan fingerprint density at radius 3 is 1.97 bits per heavy atom. The molecule has 0 saturated carbocycles. The second kappa shape index (κ2) is 9.24. The zero-order valence-corrected chi connectivity index (χ0v) is 16.9. The maximum atomic E-state index is 14.3. The molecule has 1 N–H and O–H groups in total. The molecular formula is C21H26FN7O. The Morgan fingerprint density at radius 2 is 1.43 bits per heavy atom. The number of piperazine rings is 2. The number of aliphatic hydroxyl groups is 1. The van der Waals surface area contributed by atoms with Crippen LogP contribution in [0.1, 0.15) is 5.56 Å². The molecule has 1 aromatic heterocycles. The number of halogens is 1. The van der Waals surface area contributed by atoms with Crippen molar-refractivity contribution < 1.29 is 9.50 Å². The highest BCUT2D eigenvalue weighted by Gasteiger charge is 2.23. The number of anilines is 3. The van der Waals surface area contributed by atoms with Gasteiger partial charge in [0.2, 0.25) is 0 Å². The standard InChI is InChI=1S/C21H26FN7O/c22-18-3-1-2-17(16-23)21(18)29-12-10-28(11-13-29)20-5-4-19(24-25-20)27-8-6-26(7-9-27)14-15-30/h1-5,30H,6-15H2. The minimum absolute atomic E-state index is 0.191. The Balaban J connectivity index is 1.35. The fourth-order valence-corrected chi connectivity index (χ4v) is 4.08. The van der Waals surface area contributed by atoms with Crippen molar-refractivity contribution in [2.45, 2.75) is 0 Å². The van der Waals surface area contributed by atoms with Crippen molar-refractivity contribution in [3.05, 3.63) is 41.7 Å². The third-order valence-corrected chi connectivity index (χ3v) is 5.78. The molecule has 1 aromatic carbocycles. The van der Waals surface area contributed by atoms with Gasteiger partial charge in [0.15, 0.2) is 11.6 Å². The predicted octanol–water partition coefficient (Wildman–Crippen LogP) is 0.928. The lowest BCUT2D eigenvalue weighted by Gasteiger charge is -2.37. The van der Waals surface area contributed by atoms with Crippen LogP contribution in [-0.2, 0) is 0 Å². The van der Waals surface area contributed by atoms with Gasteiger partial charge in [0.05, 0.1) is 17.9 Å². The summed E-state index contributed by atoms with van der Waals surface area (Å²) < 4.78 is 14.3. The summed E-state index contributed by atoms with van der Waals surface area (Å²) in [5, 5.41) is 27.2. The monoisotopic (exact) mass is 411 g/mol. The minimum Gasteiger partial charge on any atom is -0.395 e. The molecule has 2 fully saturated rings. The number of aromatic nitrogens is 2. The quantitative estimate of drug-likeness (QED) is 0.778. The first-order chi connectivity index (χ1) is 14.7. The van der Waals surface area contributed by atoms with Crippen molar-refractivity contribution in [2.75, 3.05) is 80.2 Å². The molecule has 158 valence electrons. The Bertz CT molecular complexity index is 885. The van der Waals surface area contributed by atoms with E-state index in [1.807, 2.05) is 17.0 Å². The van der Waals surface area contributed by atoms with Crippen LogP contribution >= 0.6 is 0 Å². The van der Waals surface area contributed by atoms with Crippen molar-refractivity contribution in [3.8, 4) is 6.07 Å². The van der Waals surface area contributed by atoms with Crippen LogP contribution < -0.4 is 14.7 Å². The van der Waals surface area contributed by atoms with Crippen molar-refractivity contribution in [1.29, 1.82) is 5.26 Å². The SMILES string of the molecule is N#Cc1cccc(F)c1N1CCN(c2ccc(N3CCN(CCO)CC3)nn2)CC1. The molecule has 2 aliphatic heterocycles. The number of nitriles is 1. The van der Waals surface area contributed by atoms with Crippen LogP contribution in [0.5, 0.6) is 0 Å². The summed E-state index contributed by atoms with van der Waals surface area (Å²) in [5.41, 5.74) is 0.758. The van der Waals surface area contributed by atoms with Gasteiger partial charge in [0, 0.05) is 58.9 Å². The van der Waals surface area contributed by atoms with E-state index in [1.54, 1.807) is 12.1 Å². The van der Waals surface area contributed by atoms with Crippen LogP contribution in [0.2, 0.25) is 0 Å². The van der Waals surface area contributed by atoms with Crippen LogP contribution in [0.25, 0.3) is 0 Å². The molecule has 0 aliphatic carbocycles. The first-order valence-electron chi connectivity index (χ1n) is 10.3. The number of para-hydroxylation sites is 1. The van der Waals surface area contributed by atoms with Gasteiger partial charge in [0.1, 0.15) is 11.9 Å². The summed E-state index contributed by atoms with van der Waals surface area (Å²) in [4.78, 5) is 8.52. The zero-order chi connectivity index (χ0) is 20.9. The highest BCUT2D eigenvalue weighted by atomic mass is 19.1. The molecule has 0 bridgehead atoms. The first kappa shape index (κ1) is 20.3. The van der Waals surface area contributed by atoms with Gasteiger partial charge in [-0.05, 0) is 24.3 Å². The van der Waals surface area contributed by atoms with E-state index in [2.05, 4.69) is 31.0 Å². The second-order valence-corrected chi connectivity index (χ2v) is 7.52. The fraction of sp³-hybridized carbons (Fsp3) is 0.476. The molecular weight excluding hydrogens is 385 g/mol. The smallest absolute Gasteiger partial charge is 0.151 e. The van der Waals surface area contributed by atoms with Gasteiger partial charge in [0.25, 0.3) is 0 Å². The largest absolute Gasteiger partial charge is 0.395 e. The summed E-state index contributed by atoms with van der Waals surface area (Å²) in [6, 6.07) is 10.7. The number of rotatable bonds is 5. The van der Waals surface area contributed by atoms with Crippen molar-refractivity contribution in [2.24, 2.45) is 0 Å². The highest BCUT2D eigenvalue weighted by Crippen LogP contribution is 2.26. The molecule has 0 radical (unpaired) electrons. The molecule has 0 spiro atoms. The summed E-state index contributed by atoms with van der Waals surface area (Å²) >= 11 is 0. The molecule has 2 saturated heterocycles. The van der Waals surface area contributed by atoms with E-state index in [0.29, 0.717) is 44.0 Å². The van der Waals surface area contributed by atoms with Crippen LogP contribution in [0.3, 0.4) is 0 Å². The predicted molar refractivity (Wildman–Crippen MR) is 113 cm³/mol. The number of hydrogen-bond donors (Lipinski definition) is 1. The number of nitrogens with zero attached hydrogens (tertiary/aromatic N) is 7. The number of benzene rings is 1. The lowest BCUT2D eigenvalue weighted by Crippen LogP contribution is -2.48. The van der Waals surface area contributed by atoms with Crippen LogP contribution in [0.4, 0.5) is 21.7 Å². The van der Waals surface area contributed by atoms with E-state index in [9.17, 15) is 9.65 Å². The number of β-amino-alcohol motifs (C(OH)–C–C–N with tert-alkyl or cyclic N) is 1. The second-order valence-electron chi connectivity index (χ2n) is 7.52. The summed E-state index contributed by atoms with van der Waals surface area (Å²) in [5.74, 6) is 1.32. The van der Waals surface area contributed by atoms with E-state index in [1.165, 1.54) is 6.07 Å². The average Bonchev–Trinajstić information content (AvgIpc) is 2.80. The Hall–Kier alpha value is -2.96. The van der Waals surface area contributed by atoms with E-state index < -0.39 is 0 Å². The fourth-order valence-electron chi connectivity index (χ4n) is 4.08.